The van der Waals surface area contributed by atoms with E-state index < -0.39 is 11.7 Å². The van der Waals surface area contributed by atoms with Gasteiger partial charge in [-0.2, -0.15) is 0 Å². The van der Waals surface area contributed by atoms with Crippen LogP contribution in [0.2, 0.25) is 10.0 Å². The van der Waals surface area contributed by atoms with E-state index in [9.17, 15) is 4.79 Å². The Morgan fingerprint density at radius 2 is 1.92 bits per heavy atom. The lowest BCUT2D eigenvalue weighted by atomic mass is 10.1. The molecule has 1 aromatic heterocycles. The Morgan fingerprint density at radius 3 is 2.46 bits per heavy atom. The number of carbonyl (C=O) groups is 1. The third-order valence-corrected chi connectivity index (χ3v) is 4.12. The van der Waals surface area contributed by atoms with E-state index >= 15 is 0 Å². The fourth-order valence-corrected chi connectivity index (χ4v) is 2.92. The van der Waals surface area contributed by atoms with Gasteiger partial charge in [0, 0.05) is 11.5 Å². The standard InChI is InChI=1S/C17H18Cl2N2O3/c1-17(2,3)23-16(22)20-14-13(21-24-15(14)9-7-8-9)12-10(18)5-4-6-11(12)19/h4-6,9H,7-8H2,1-3H3,(H,20,22). The maximum absolute atomic E-state index is 12.2. The summed E-state index contributed by atoms with van der Waals surface area (Å²) in [7, 11) is 0. The number of rotatable bonds is 3. The molecule has 0 atom stereocenters. The van der Waals surface area contributed by atoms with Gasteiger partial charge in [-0.1, -0.05) is 34.4 Å². The highest BCUT2D eigenvalue weighted by atomic mass is 35.5. The van der Waals surface area contributed by atoms with Crippen molar-refractivity contribution in [1.29, 1.82) is 0 Å². The number of carbonyl (C=O) groups excluding carboxylic acids is 1. The van der Waals surface area contributed by atoms with Crippen molar-refractivity contribution < 1.29 is 14.1 Å². The van der Waals surface area contributed by atoms with E-state index in [2.05, 4.69) is 10.5 Å². The quantitative estimate of drug-likeness (QED) is 0.735. The molecule has 0 bridgehead atoms. The molecule has 1 heterocycles. The van der Waals surface area contributed by atoms with Crippen molar-refractivity contribution in [2.45, 2.75) is 45.1 Å². The second-order valence-corrected chi connectivity index (χ2v) is 7.58. The SMILES string of the molecule is CC(C)(C)OC(=O)Nc1c(-c2c(Cl)cccc2Cl)noc1C1CC1. The highest BCUT2D eigenvalue weighted by Gasteiger charge is 2.34. The molecule has 0 unspecified atom stereocenters. The van der Waals surface area contributed by atoms with Gasteiger partial charge in [0.1, 0.15) is 17.0 Å². The Labute approximate surface area is 150 Å². The van der Waals surface area contributed by atoms with Crippen LogP contribution in [0.5, 0.6) is 0 Å². The first-order valence-electron chi connectivity index (χ1n) is 7.70. The molecule has 128 valence electrons. The first kappa shape index (κ1) is 17.1. The second-order valence-electron chi connectivity index (χ2n) is 6.77. The maximum Gasteiger partial charge on any atom is 0.412 e. The Kier molecular flexibility index (Phi) is 4.49. The van der Waals surface area contributed by atoms with Crippen molar-refractivity contribution >= 4 is 35.0 Å². The predicted molar refractivity (Wildman–Crippen MR) is 93.8 cm³/mol. The van der Waals surface area contributed by atoms with Crippen molar-refractivity contribution in [2.24, 2.45) is 0 Å². The van der Waals surface area contributed by atoms with Crippen LogP contribution in [0.3, 0.4) is 0 Å². The maximum atomic E-state index is 12.2. The van der Waals surface area contributed by atoms with Crippen LogP contribution in [0.25, 0.3) is 11.3 Å². The number of nitrogens with zero attached hydrogens (tertiary/aromatic N) is 1. The molecule has 0 saturated heterocycles. The summed E-state index contributed by atoms with van der Waals surface area (Å²) in [5, 5.41) is 7.73. The summed E-state index contributed by atoms with van der Waals surface area (Å²) in [6, 6.07) is 5.17. The average Bonchev–Trinajstić information content (AvgIpc) is 3.21. The summed E-state index contributed by atoms with van der Waals surface area (Å²) >= 11 is 12.5. The van der Waals surface area contributed by atoms with Gasteiger partial charge in [-0.3, -0.25) is 5.32 Å². The number of halogens is 2. The van der Waals surface area contributed by atoms with Crippen LogP contribution >= 0.6 is 23.2 Å². The number of ether oxygens (including phenoxy) is 1. The Hall–Kier alpha value is -1.72. The van der Waals surface area contributed by atoms with Gasteiger partial charge in [-0.15, -0.1) is 0 Å². The van der Waals surface area contributed by atoms with Gasteiger partial charge in [-0.25, -0.2) is 4.79 Å². The molecule has 0 aliphatic heterocycles. The molecule has 2 aromatic rings. The van der Waals surface area contributed by atoms with E-state index in [4.69, 9.17) is 32.5 Å². The number of benzene rings is 1. The van der Waals surface area contributed by atoms with Gasteiger partial charge in [0.05, 0.1) is 10.0 Å². The molecule has 1 saturated carbocycles. The predicted octanol–water partition coefficient (Wildman–Crippen LogP) is 5.87. The molecule has 5 nitrogen and oxygen atoms in total. The smallest absolute Gasteiger partial charge is 0.412 e. The van der Waals surface area contributed by atoms with Crippen LogP contribution in [-0.4, -0.2) is 16.9 Å². The van der Waals surface area contributed by atoms with Crippen LogP contribution in [-0.2, 0) is 4.74 Å². The lowest BCUT2D eigenvalue weighted by Crippen LogP contribution is -2.27. The van der Waals surface area contributed by atoms with Gasteiger partial charge < -0.3 is 9.26 Å². The molecule has 24 heavy (non-hydrogen) atoms. The van der Waals surface area contributed by atoms with E-state index in [0.717, 1.165) is 12.8 Å². The molecule has 1 aromatic carbocycles. The fourth-order valence-electron chi connectivity index (χ4n) is 2.35. The van der Waals surface area contributed by atoms with Crippen LogP contribution in [0, 0.1) is 0 Å². The van der Waals surface area contributed by atoms with E-state index in [1.54, 1.807) is 39.0 Å². The topological polar surface area (TPSA) is 64.4 Å². The second kappa shape index (κ2) is 6.30. The summed E-state index contributed by atoms with van der Waals surface area (Å²) in [6.45, 7) is 5.40. The van der Waals surface area contributed by atoms with Gasteiger partial charge in [0.15, 0.2) is 5.76 Å². The number of hydrogen-bond donors (Lipinski definition) is 1. The molecule has 1 N–H and O–H groups in total. The highest BCUT2D eigenvalue weighted by molar-refractivity contribution is 6.39. The lowest BCUT2D eigenvalue weighted by Gasteiger charge is -2.19. The number of amides is 1. The molecular weight excluding hydrogens is 351 g/mol. The average molecular weight is 369 g/mol. The normalized spacial score (nSPS) is 14.5. The van der Waals surface area contributed by atoms with Gasteiger partial charge in [0.25, 0.3) is 0 Å². The van der Waals surface area contributed by atoms with E-state index in [1.165, 1.54) is 0 Å². The molecule has 1 fully saturated rings. The molecule has 1 amide bonds. The van der Waals surface area contributed by atoms with Crippen LogP contribution < -0.4 is 5.32 Å². The van der Waals surface area contributed by atoms with Crippen molar-refractivity contribution in [3.05, 3.63) is 34.0 Å². The molecule has 0 radical (unpaired) electrons. The van der Waals surface area contributed by atoms with E-state index in [0.29, 0.717) is 32.8 Å². The third kappa shape index (κ3) is 3.68. The molecule has 1 aliphatic rings. The first-order valence-corrected chi connectivity index (χ1v) is 8.46. The largest absolute Gasteiger partial charge is 0.444 e. The number of hydrogen-bond acceptors (Lipinski definition) is 4. The lowest BCUT2D eigenvalue weighted by molar-refractivity contribution is 0.0635. The van der Waals surface area contributed by atoms with Crippen LogP contribution in [0.4, 0.5) is 10.5 Å². The summed E-state index contributed by atoms with van der Waals surface area (Å²) in [4.78, 5) is 12.2. The minimum atomic E-state index is -0.608. The van der Waals surface area contributed by atoms with Crippen molar-refractivity contribution in [3.63, 3.8) is 0 Å². The van der Waals surface area contributed by atoms with Crippen LogP contribution in [0.1, 0.15) is 45.3 Å². The fraction of sp³-hybridized carbons (Fsp3) is 0.412. The molecule has 7 heteroatoms. The Balaban J connectivity index is 2.01. The molecule has 3 rings (SSSR count). The number of aromatic nitrogens is 1. The Morgan fingerprint density at radius 1 is 1.29 bits per heavy atom. The summed E-state index contributed by atoms with van der Waals surface area (Å²) in [5.74, 6) is 0.879. The zero-order chi connectivity index (χ0) is 17.5. The number of anilines is 1. The molecule has 1 aliphatic carbocycles. The van der Waals surface area contributed by atoms with E-state index in [-0.39, 0.29) is 5.92 Å². The highest BCUT2D eigenvalue weighted by Crippen LogP contribution is 2.48. The van der Waals surface area contributed by atoms with Crippen molar-refractivity contribution in [2.75, 3.05) is 5.32 Å². The summed E-state index contributed by atoms with van der Waals surface area (Å²) < 4.78 is 10.8. The minimum Gasteiger partial charge on any atom is -0.444 e. The summed E-state index contributed by atoms with van der Waals surface area (Å²) in [5.41, 5.74) is 0.811. The summed E-state index contributed by atoms with van der Waals surface area (Å²) in [6.07, 6.45) is 1.42. The molecular formula is C17H18Cl2N2O3. The monoisotopic (exact) mass is 368 g/mol. The van der Waals surface area contributed by atoms with Crippen molar-refractivity contribution in [1.82, 2.24) is 5.16 Å². The third-order valence-electron chi connectivity index (χ3n) is 3.49. The van der Waals surface area contributed by atoms with Gasteiger partial charge >= 0.3 is 6.09 Å². The van der Waals surface area contributed by atoms with Gasteiger partial charge in [0.2, 0.25) is 0 Å². The van der Waals surface area contributed by atoms with Crippen molar-refractivity contribution in [3.8, 4) is 11.3 Å². The van der Waals surface area contributed by atoms with E-state index in [1.807, 2.05) is 0 Å². The zero-order valence-corrected chi connectivity index (χ0v) is 15.2. The van der Waals surface area contributed by atoms with Crippen LogP contribution in [0.15, 0.2) is 22.7 Å². The zero-order valence-electron chi connectivity index (χ0n) is 13.7. The van der Waals surface area contributed by atoms with Gasteiger partial charge in [-0.05, 0) is 45.7 Å². The Bertz CT molecular complexity index is 756. The minimum absolute atomic E-state index is 0.248. The molecule has 0 spiro atoms. The number of nitrogens with one attached hydrogen (secondary N) is 1. The first-order chi connectivity index (χ1) is 11.3.